The second-order valence-electron chi connectivity index (χ2n) is 7.39. The van der Waals surface area contributed by atoms with Crippen LogP contribution in [0, 0.1) is 0 Å². The summed E-state index contributed by atoms with van der Waals surface area (Å²) < 4.78 is 0. The lowest BCUT2D eigenvalue weighted by molar-refractivity contribution is 0.453. The Balaban J connectivity index is 1.53. The zero-order valence-corrected chi connectivity index (χ0v) is 17.1. The summed E-state index contributed by atoms with van der Waals surface area (Å²) in [6, 6.07) is 16.7. The molecule has 0 amide bonds. The first-order chi connectivity index (χ1) is 14.8. The highest BCUT2D eigenvalue weighted by molar-refractivity contribution is 6.34. The first-order valence-electron chi connectivity index (χ1n) is 10.0. The maximum atomic E-state index is 6.42. The van der Waals surface area contributed by atoms with E-state index in [4.69, 9.17) is 21.6 Å². The molecule has 1 saturated heterocycles. The van der Waals surface area contributed by atoms with Crippen LogP contribution in [0.4, 0.5) is 5.82 Å². The van der Waals surface area contributed by atoms with Crippen LogP contribution in [0.3, 0.4) is 0 Å². The second-order valence-corrected chi connectivity index (χ2v) is 7.75. The van der Waals surface area contributed by atoms with E-state index in [-0.39, 0.29) is 0 Å². The number of benzene rings is 1. The molecule has 1 atom stereocenters. The monoisotopic (exact) mass is 416 g/mol. The number of fused-ring (bicyclic) bond motifs is 1. The van der Waals surface area contributed by atoms with E-state index in [1.165, 1.54) is 5.56 Å². The molecule has 4 aromatic rings. The van der Waals surface area contributed by atoms with E-state index in [2.05, 4.69) is 50.5 Å². The Morgan fingerprint density at radius 2 is 1.83 bits per heavy atom. The van der Waals surface area contributed by atoms with Crippen molar-refractivity contribution in [1.82, 2.24) is 25.3 Å². The number of anilines is 1. The number of rotatable bonds is 4. The van der Waals surface area contributed by atoms with Gasteiger partial charge in [-0.15, -0.1) is 0 Å². The minimum atomic E-state index is 0.341. The third-order valence-electron chi connectivity index (χ3n) is 5.37. The van der Waals surface area contributed by atoms with Gasteiger partial charge in [-0.25, -0.2) is 15.0 Å². The summed E-state index contributed by atoms with van der Waals surface area (Å²) >= 11 is 6.42. The fraction of sp³-hybridized carbons (Fsp3) is 0.217. The van der Waals surface area contributed by atoms with Crippen molar-refractivity contribution in [2.45, 2.75) is 12.5 Å². The van der Waals surface area contributed by atoms with Crippen molar-refractivity contribution in [2.75, 3.05) is 24.5 Å². The van der Waals surface area contributed by atoms with Gasteiger partial charge in [0, 0.05) is 55.2 Å². The molecule has 150 valence electrons. The zero-order chi connectivity index (χ0) is 20.3. The van der Waals surface area contributed by atoms with Crippen molar-refractivity contribution in [1.29, 1.82) is 0 Å². The molecule has 3 aromatic heterocycles. The van der Waals surface area contributed by atoms with Crippen molar-refractivity contribution in [3.05, 3.63) is 77.8 Å². The SMILES string of the molecule is Clc1nccc2c(N3CCN[C@@H](Cc4ccccc4)C3)nc(-c3ccncc3)nc12. The number of nitrogens with one attached hydrogen (secondary N) is 1. The largest absolute Gasteiger partial charge is 0.353 e. The predicted octanol–water partition coefficient (Wildman–Crippen LogP) is 3.76. The van der Waals surface area contributed by atoms with Crippen LogP contribution in [-0.4, -0.2) is 45.6 Å². The van der Waals surface area contributed by atoms with Gasteiger partial charge in [-0.3, -0.25) is 4.98 Å². The molecule has 0 unspecified atom stereocenters. The molecule has 0 saturated carbocycles. The van der Waals surface area contributed by atoms with Gasteiger partial charge in [0.15, 0.2) is 11.0 Å². The normalized spacial score (nSPS) is 16.7. The molecule has 1 fully saturated rings. The summed E-state index contributed by atoms with van der Waals surface area (Å²) in [5.41, 5.74) is 2.91. The number of piperazine rings is 1. The Morgan fingerprint density at radius 1 is 1.00 bits per heavy atom. The summed E-state index contributed by atoms with van der Waals surface area (Å²) in [6.07, 6.45) is 6.18. The van der Waals surface area contributed by atoms with E-state index in [0.717, 1.165) is 42.8 Å². The van der Waals surface area contributed by atoms with Gasteiger partial charge >= 0.3 is 0 Å². The minimum absolute atomic E-state index is 0.341. The third kappa shape index (κ3) is 3.84. The Labute approximate surface area is 180 Å². The van der Waals surface area contributed by atoms with Gasteiger partial charge in [0.1, 0.15) is 11.3 Å². The van der Waals surface area contributed by atoms with Gasteiger partial charge < -0.3 is 10.2 Å². The number of halogens is 1. The molecule has 0 bridgehead atoms. The molecule has 7 heteroatoms. The molecule has 0 aliphatic carbocycles. The van der Waals surface area contributed by atoms with Crippen LogP contribution in [0.25, 0.3) is 22.3 Å². The summed E-state index contributed by atoms with van der Waals surface area (Å²) in [7, 11) is 0. The molecule has 0 spiro atoms. The lowest BCUT2D eigenvalue weighted by Crippen LogP contribution is -2.52. The highest BCUT2D eigenvalue weighted by Crippen LogP contribution is 2.31. The first kappa shape index (κ1) is 18.9. The van der Waals surface area contributed by atoms with Gasteiger partial charge in [-0.1, -0.05) is 41.9 Å². The fourth-order valence-corrected chi connectivity index (χ4v) is 4.13. The number of pyridine rings is 2. The van der Waals surface area contributed by atoms with Crippen molar-refractivity contribution in [3.63, 3.8) is 0 Å². The second kappa shape index (κ2) is 8.34. The maximum Gasteiger partial charge on any atom is 0.162 e. The van der Waals surface area contributed by atoms with Gasteiger partial charge in [0.25, 0.3) is 0 Å². The molecule has 0 radical (unpaired) electrons. The molecule has 30 heavy (non-hydrogen) atoms. The van der Waals surface area contributed by atoms with Crippen LogP contribution in [-0.2, 0) is 6.42 Å². The predicted molar refractivity (Wildman–Crippen MR) is 120 cm³/mol. The fourth-order valence-electron chi connectivity index (χ4n) is 3.93. The number of aromatic nitrogens is 4. The molecule has 1 aromatic carbocycles. The molecule has 1 N–H and O–H groups in total. The first-order valence-corrected chi connectivity index (χ1v) is 10.4. The third-order valence-corrected chi connectivity index (χ3v) is 5.65. The molecular weight excluding hydrogens is 396 g/mol. The van der Waals surface area contributed by atoms with Gasteiger partial charge in [-0.2, -0.15) is 0 Å². The summed E-state index contributed by atoms with van der Waals surface area (Å²) in [4.78, 5) is 20.3. The summed E-state index contributed by atoms with van der Waals surface area (Å²) in [5, 5.41) is 4.96. The van der Waals surface area contributed by atoms with E-state index >= 15 is 0 Å². The van der Waals surface area contributed by atoms with E-state index in [0.29, 0.717) is 22.5 Å². The minimum Gasteiger partial charge on any atom is -0.353 e. The number of hydrogen-bond donors (Lipinski definition) is 1. The average Bonchev–Trinajstić information content (AvgIpc) is 2.80. The Hall–Kier alpha value is -3.09. The van der Waals surface area contributed by atoms with Crippen LogP contribution in [0.15, 0.2) is 67.1 Å². The van der Waals surface area contributed by atoms with Gasteiger partial charge in [0.05, 0.1) is 0 Å². The smallest absolute Gasteiger partial charge is 0.162 e. The Morgan fingerprint density at radius 3 is 2.67 bits per heavy atom. The highest BCUT2D eigenvalue weighted by atomic mass is 35.5. The maximum absolute atomic E-state index is 6.42. The van der Waals surface area contributed by atoms with Crippen molar-refractivity contribution < 1.29 is 0 Å². The van der Waals surface area contributed by atoms with Crippen molar-refractivity contribution in [3.8, 4) is 11.4 Å². The Bertz CT molecular complexity index is 1150. The lowest BCUT2D eigenvalue weighted by Gasteiger charge is -2.35. The van der Waals surface area contributed by atoms with Crippen molar-refractivity contribution in [2.24, 2.45) is 0 Å². The van der Waals surface area contributed by atoms with Crippen LogP contribution < -0.4 is 10.2 Å². The number of hydrogen-bond acceptors (Lipinski definition) is 6. The van der Waals surface area contributed by atoms with Crippen LogP contribution >= 0.6 is 11.6 Å². The summed E-state index contributed by atoms with van der Waals surface area (Å²) in [6.45, 7) is 2.62. The quantitative estimate of drug-likeness (QED) is 0.511. The summed E-state index contributed by atoms with van der Waals surface area (Å²) in [5.74, 6) is 1.53. The highest BCUT2D eigenvalue weighted by Gasteiger charge is 2.24. The molecule has 1 aliphatic rings. The van der Waals surface area contributed by atoms with E-state index in [1.54, 1.807) is 18.6 Å². The van der Waals surface area contributed by atoms with Crippen LogP contribution in [0.2, 0.25) is 5.15 Å². The zero-order valence-electron chi connectivity index (χ0n) is 16.4. The number of nitrogens with zero attached hydrogens (tertiary/aromatic N) is 5. The molecule has 5 rings (SSSR count). The molecule has 6 nitrogen and oxygen atoms in total. The molecule has 1 aliphatic heterocycles. The van der Waals surface area contributed by atoms with E-state index in [1.807, 2.05) is 18.2 Å². The lowest BCUT2D eigenvalue weighted by atomic mass is 10.0. The average molecular weight is 417 g/mol. The van der Waals surface area contributed by atoms with E-state index < -0.39 is 0 Å². The van der Waals surface area contributed by atoms with Gasteiger partial charge in [-0.05, 0) is 30.2 Å². The van der Waals surface area contributed by atoms with Crippen LogP contribution in [0.5, 0.6) is 0 Å². The van der Waals surface area contributed by atoms with Crippen molar-refractivity contribution >= 4 is 28.3 Å². The molecular formula is C23H21ClN6. The van der Waals surface area contributed by atoms with E-state index in [9.17, 15) is 0 Å². The molecule has 4 heterocycles. The Kier molecular flexibility index (Phi) is 5.26. The standard InChI is InChI=1S/C23H21ClN6/c24-21-20-19(8-11-27-21)23(29-22(28-20)17-6-9-25-10-7-17)30-13-12-26-18(15-30)14-16-4-2-1-3-5-16/h1-11,18,26H,12-15H2/t18-/m0/s1. The van der Waals surface area contributed by atoms with Gasteiger partial charge in [0.2, 0.25) is 0 Å². The van der Waals surface area contributed by atoms with Crippen LogP contribution in [0.1, 0.15) is 5.56 Å². The topological polar surface area (TPSA) is 66.8 Å².